The topological polar surface area (TPSA) is 114 Å². The molecule has 0 radical (unpaired) electrons. The number of piperazine rings is 1. The molecule has 0 saturated carbocycles. The van der Waals surface area contributed by atoms with Gasteiger partial charge in [0, 0.05) is 49.8 Å². The standard InChI is InChI=1S/C34H40FN7O4/c1-6-14-40-16-18-41(19-17-40)28-12-11-24(21-27(28)35)37-33-38-30-26(13-15-42(30)22-45-32(44)34(3,4)5)31(39-33)46-25-10-8-9-23(20-25)36-29(43)7-2/h7-13,15,20-21H,2,6,14,16-19,22H2,1,3-5H3,(H,36,43)(H,37,38,39). The van der Waals surface area contributed by atoms with Gasteiger partial charge in [-0.05, 0) is 76.2 Å². The van der Waals surface area contributed by atoms with Crippen molar-refractivity contribution in [3.05, 3.63) is 73.2 Å². The Morgan fingerprint density at radius 3 is 2.52 bits per heavy atom. The lowest BCUT2D eigenvalue weighted by molar-refractivity contribution is -0.156. The van der Waals surface area contributed by atoms with Gasteiger partial charge in [0.05, 0.1) is 16.5 Å². The number of anilines is 4. The molecule has 3 heterocycles. The fraction of sp³-hybridized carbons (Fsp3) is 0.353. The number of rotatable bonds is 11. The molecule has 0 unspecified atom stereocenters. The van der Waals surface area contributed by atoms with Crippen LogP contribution in [0, 0.1) is 11.2 Å². The summed E-state index contributed by atoms with van der Waals surface area (Å²) in [4.78, 5) is 38.0. The number of carbonyl (C=O) groups excluding carboxylic acids is 2. The molecule has 12 heteroatoms. The summed E-state index contributed by atoms with van der Waals surface area (Å²) in [6.45, 7) is 15.3. The number of esters is 1. The van der Waals surface area contributed by atoms with Crippen LogP contribution in [0.2, 0.25) is 0 Å². The predicted molar refractivity (Wildman–Crippen MR) is 177 cm³/mol. The lowest BCUT2D eigenvalue weighted by Gasteiger charge is -2.36. The van der Waals surface area contributed by atoms with E-state index in [4.69, 9.17) is 9.47 Å². The molecule has 1 saturated heterocycles. The molecule has 0 atom stereocenters. The number of halogens is 1. The quantitative estimate of drug-likeness (QED) is 0.146. The molecule has 2 aromatic heterocycles. The van der Waals surface area contributed by atoms with Crippen LogP contribution in [0.1, 0.15) is 34.1 Å². The van der Waals surface area contributed by atoms with Crippen molar-refractivity contribution in [3.63, 3.8) is 0 Å². The summed E-state index contributed by atoms with van der Waals surface area (Å²) in [5.41, 5.74) is 1.29. The molecule has 1 aliphatic rings. The first-order valence-electron chi connectivity index (χ1n) is 15.3. The fourth-order valence-electron chi connectivity index (χ4n) is 5.06. The van der Waals surface area contributed by atoms with Crippen molar-refractivity contribution in [2.45, 2.75) is 40.8 Å². The maximum atomic E-state index is 15.4. The number of nitrogens with one attached hydrogen (secondary N) is 2. The molecule has 5 rings (SSSR count). The van der Waals surface area contributed by atoms with E-state index in [0.29, 0.717) is 33.8 Å². The molecule has 11 nitrogen and oxygen atoms in total. The van der Waals surface area contributed by atoms with E-state index in [1.807, 2.05) is 0 Å². The summed E-state index contributed by atoms with van der Waals surface area (Å²) in [7, 11) is 0. The molecular weight excluding hydrogens is 589 g/mol. The van der Waals surface area contributed by atoms with E-state index >= 15 is 4.39 Å². The molecule has 1 amide bonds. The van der Waals surface area contributed by atoms with Crippen LogP contribution in [0.5, 0.6) is 11.6 Å². The lowest BCUT2D eigenvalue weighted by Crippen LogP contribution is -2.46. The molecule has 0 aliphatic carbocycles. The van der Waals surface area contributed by atoms with Crippen molar-refractivity contribution < 1.29 is 23.5 Å². The molecule has 0 bridgehead atoms. The number of carbonyl (C=O) groups is 2. The van der Waals surface area contributed by atoms with Gasteiger partial charge in [-0.1, -0.05) is 19.6 Å². The number of fused-ring (bicyclic) bond motifs is 1. The van der Waals surface area contributed by atoms with Gasteiger partial charge in [0.2, 0.25) is 17.7 Å². The molecule has 46 heavy (non-hydrogen) atoms. The Hall–Kier alpha value is -4.97. The Balaban J connectivity index is 1.43. The number of benzene rings is 2. The Labute approximate surface area is 268 Å². The van der Waals surface area contributed by atoms with E-state index < -0.39 is 5.41 Å². The van der Waals surface area contributed by atoms with Crippen molar-refractivity contribution >= 4 is 45.9 Å². The van der Waals surface area contributed by atoms with Gasteiger partial charge in [-0.2, -0.15) is 9.97 Å². The Morgan fingerprint density at radius 2 is 1.83 bits per heavy atom. The zero-order valence-corrected chi connectivity index (χ0v) is 26.7. The largest absolute Gasteiger partial charge is 0.443 e. The van der Waals surface area contributed by atoms with E-state index in [9.17, 15) is 9.59 Å². The Bertz CT molecular complexity index is 1720. The Morgan fingerprint density at radius 1 is 1.04 bits per heavy atom. The average molecular weight is 630 g/mol. The van der Waals surface area contributed by atoms with Gasteiger partial charge >= 0.3 is 5.97 Å². The normalized spacial score (nSPS) is 13.8. The van der Waals surface area contributed by atoms with Crippen molar-refractivity contribution in [3.8, 4) is 11.6 Å². The monoisotopic (exact) mass is 629 g/mol. The predicted octanol–water partition coefficient (Wildman–Crippen LogP) is 6.31. The summed E-state index contributed by atoms with van der Waals surface area (Å²) in [6, 6.07) is 13.6. The highest BCUT2D eigenvalue weighted by Crippen LogP contribution is 2.32. The number of aromatic nitrogens is 3. The van der Waals surface area contributed by atoms with Gasteiger partial charge in [-0.3, -0.25) is 19.1 Å². The lowest BCUT2D eigenvalue weighted by atomic mass is 9.98. The molecular formula is C34H40FN7O4. The molecule has 2 N–H and O–H groups in total. The van der Waals surface area contributed by atoms with E-state index in [2.05, 4.69) is 43.9 Å². The summed E-state index contributed by atoms with van der Waals surface area (Å²) >= 11 is 0. The summed E-state index contributed by atoms with van der Waals surface area (Å²) in [5, 5.41) is 6.37. The first-order chi connectivity index (χ1) is 22.0. The molecule has 4 aromatic rings. The Kier molecular flexibility index (Phi) is 9.86. The smallest absolute Gasteiger partial charge is 0.312 e. The SMILES string of the molecule is C=CC(=O)Nc1cccc(Oc2nc(Nc3ccc(N4CCN(CCC)CC4)c(F)c3)nc3c2ccn3COC(=O)C(C)(C)C)c1. The number of hydrogen-bond acceptors (Lipinski definition) is 9. The molecule has 2 aromatic carbocycles. The number of ether oxygens (including phenoxy) is 2. The minimum atomic E-state index is -0.676. The summed E-state index contributed by atoms with van der Waals surface area (Å²) in [5.74, 6) is -0.286. The first-order valence-corrected chi connectivity index (χ1v) is 15.3. The van der Waals surface area contributed by atoms with Crippen molar-refractivity contribution in [1.82, 2.24) is 19.4 Å². The van der Waals surface area contributed by atoms with Gasteiger partial charge in [0.15, 0.2) is 12.4 Å². The molecule has 1 fully saturated rings. The highest BCUT2D eigenvalue weighted by molar-refractivity contribution is 5.99. The summed E-state index contributed by atoms with van der Waals surface area (Å²) in [6.07, 6.45) is 4.00. The van der Waals surface area contributed by atoms with Gasteiger partial charge in [-0.15, -0.1) is 0 Å². The van der Waals surface area contributed by atoms with Gasteiger partial charge in [0.1, 0.15) is 11.6 Å². The maximum Gasteiger partial charge on any atom is 0.312 e. The molecule has 0 spiro atoms. The highest BCUT2D eigenvalue weighted by Gasteiger charge is 2.24. The van der Waals surface area contributed by atoms with Crippen molar-refractivity contribution in [1.29, 1.82) is 0 Å². The number of nitrogens with zero attached hydrogens (tertiary/aromatic N) is 5. The van der Waals surface area contributed by atoms with Crippen LogP contribution in [0.15, 0.2) is 67.4 Å². The van der Waals surface area contributed by atoms with E-state index in [1.54, 1.807) is 74.0 Å². The van der Waals surface area contributed by atoms with Crippen LogP contribution < -0.4 is 20.3 Å². The van der Waals surface area contributed by atoms with Crippen molar-refractivity contribution in [2.75, 3.05) is 48.3 Å². The van der Waals surface area contributed by atoms with Crippen molar-refractivity contribution in [2.24, 2.45) is 5.41 Å². The van der Waals surface area contributed by atoms with E-state index in [0.717, 1.165) is 39.1 Å². The minimum Gasteiger partial charge on any atom is -0.443 e. The molecule has 242 valence electrons. The maximum absolute atomic E-state index is 15.4. The second kappa shape index (κ2) is 14.0. The molecule has 1 aliphatic heterocycles. The second-order valence-electron chi connectivity index (χ2n) is 12.1. The first kappa shape index (κ1) is 32.4. The van der Waals surface area contributed by atoms with Crippen LogP contribution in [0.3, 0.4) is 0 Å². The van der Waals surface area contributed by atoms with Crippen LogP contribution in [0.4, 0.5) is 27.4 Å². The summed E-state index contributed by atoms with van der Waals surface area (Å²) < 4.78 is 28.8. The van der Waals surface area contributed by atoms with E-state index in [1.165, 1.54) is 12.1 Å². The highest BCUT2D eigenvalue weighted by atomic mass is 19.1. The fourth-order valence-corrected chi connectivity index (χ4v) is 5.06. The van der Waals surface area contributed by atoms with Gasteiger partial charge < -0.3 is 25.0 Å². The average Bonchev–Trinajstić information content (AvgIpc) is 3.43. The van der Waals surface area contributed by atoms with Crippen LogP contribution >= 0.6 is 0 Å². The van der Waals surface area contributed by atoms with Crippen LogP contribution in [-0.4, -0.2) is 64.0 Å². The van der Waals surface area contributed by atoms with Gasteiger partial charge in [0.25, 0.3) is 0 Å². The van der Waals surface area contributed by atoms with Crippen LogP contribution in [-0.2, 0) is 21.1 Å². The van der Waals surface area contributed by atoms with E-state index in [-0.39, 0.29) is 36.3 Å². The third kappa shape index (κ3) is 7.81. The third-order valence-electron chi connectivity index (χ3n) is 7.49. The van der Waals surface area contributed by atoms with Gasteiger partial charge in [-0.25, -0.2) is 4.39 Å². The minimum absolute atomic E-state index is 0.0760. The number of hydrogen-bond donors (Lipinski definition) is 2. The third-order valence-corrected chi connectivity index (χ3v) is 7.49. The number of amides is 1. The zero-order valence-electron chi connectivity index (χ0n) is 26.7. The second-order valence-corrected chi connectivity index (χ2v) is 12.1. The van der Waals surface area contributed by atoms with Crippen LogP contribution in [0.25, 0.3) is 11.0 Å². The zero-order chi connectivity index (χ0) is 32.8.